The lowest BCUT2D eigenvalue weighted by Crippen LogP contribution is -2.48. The van der Waals surface area contributed by atoms with Gasteiger partial charge in [0.1, 0.15) is 0 Å². The molecular weight excluding hydrogens is 190 g/mol. The van der Waals surface area contributed by atoms with Gasteiger partial charge in [-0.2, -0.15) is 0 Å². The molecule has 0 unspecified atom stereocenters. The quantitative estimate of drug-likeness (QED) is 0.617. The summed E-state index contributed by atoms with van der Waals surface area (Å²) in [5, 5.41) is 0. The molecule has 0 spiro atoms. The second-order valence-electron chi connectivity index (χ2n) is 4.51. The van der Waals surface area contributed by atoms with Crippen LogP contribution >= 0.6 is 0 Å². The van der Waals surface area contributed by atoms with Gasteiger partial charge in [-0.15, -0.1) is 0 Å². The minimum absolute atomic E-state index is 0.634. The average molecular weight is 213 g/mol. The Morgan fingerprint density at radius 1 is 1.07 bits per heavy atom. The van der Waals surface area contributed by atoms with Gasteiger partial charge in [0.2, 0.25) is 0 Å². The number of hydrogen-bond acceptors (Lipinski definition) is 4. The molecule has 1 heterocycles. The zero-order valence-corrected chi connectivity index (χ0v) is 9.53. The molecule has 0 amide bonds. The second kappa shape index (κ2) is 5.80. The molecule has 88 valence electrons. The van der Waals surface area contributed by atoms with Gasteiger partial charge in [0.25, 0.3) is 0 Å². The van der Waals surface area contributed by atoms with Crippen molar-refractivity contribution in [3.63, 3.8) is 0 Å². The third-order valence-electron chi connectivity index (χ3n) is 3.28. The summed E-state index contributed by atoms with van der Waals surface area (Å²) < 4.78 is 5.39. The van der Waals surface area contributed by atoms with Crippen molar-refractivity contribution >= 4 is 0 Å². The van der Waals surface area contributed by atoms with Crippen molar-refractivity contribution in [2.24, 2.45) is 5.73 Å². The fourth-order valence-corrected chi connectivity index (χ4v) is 2.17. The third-order valence-corrected chi connectivity index (χ3v) is 3.28. The van der Waals surface area contributed by atoms with Gasteiger partial charge in [-0.1, -0.05) is 0 Å². The first-order valence-corrected chi connectivity index (χ1v) is 6.14. The van der Waals surface area contributed by atoms with Crippen molar-refractivity contribution in [2.45, 2.75) is 18.9 Å². The monoisotopic (exact) mass is 213 g/mol. The molecule has 1 aliphatic heterocycles. The topological polar surface area (TPSA) is 41.7 Å². The van der Waals surface area contributed by atoms with Crippen molar-refractivity contribution in [2.75, 3.05) is 52.5 Å². The number of hydrogen-bond donors (Lipinski definition) is 1. The highest BCUT2D eigenvalue weighted by Crippen LogP contribution is 2.27. The lowest BCUT2D eigenvalue weighted by molar-refractivity contribution is 0.0763. The first-order valence-electron chi connectivity index (χ1n) is 6.14. The van der Waals surface area contributed by atoms with Gasteiger partial charge in [-0.3, -0.25) is 9.80 Å². The van der Waals surface area contributed by atoms with Crippen LogP contribution in [-0.4, -0.2) is 68.3 Å². The van der Waals surface area contributed by atoms with E-state index < -0.39 is 0 Å². The smallest absolute Gasteiger partial charge is 0.0594 e. The van der Waals surface area contributed by atoms with E-state index in [4.69, 9.17) is 10.5 Å². The van der Waals surface area contributed by atoms with Crippen molar-refractivity contribution in [3.05, 3.63) is 0 Å². The summed E-state index contributed by atoms with van der Waals surface area (Å²) in [6.45, 7) is 8.16. The second-order valence-corrected chi connectivity index (χ2v) is 4.51. The van der Waals surface area contributed by atoms with Gasteiger partial charge in [0.15, 0.2) is 0 Å². The van der Waals surface area contributed by atoms with Crippen molar-refractivity contribution < 1.29 is 4.74 Å². The maximum absolute atomic E-state index is 5.39. The fourth-order valence-electron chi connectivity index (χ4n) is 2.17. The van der Waals surface area contributed by atoms with E-state index in [1.807, 2.05) is 0 Å². The van der Waals surface area contributed by atoms with Gasteiger partial charge < -0.3 is 10.5 Å². The molecule has 2 aliphatic rings. The zero-order chi connectivity index (χ0) is 10.5. The number of nitrogens with two attached hydrogens (primary N) is 1. The lowest BCUT2D eigenvalue weighted by Gasteiger charge is -2.34. The SMILES string of the molecule is NCCOCCN1CCN(C2CC2)CC1. The Kier molecular flexibility index (Phi) is 4.38. The van der Waals surface area contributed by atoms with Crippen LogP contribution in [0.15, 0.2) is 0 Å². The summed E-state index contributed by atoms with van der Waals surface area (Å²) in [6.07, 6.45) is 2.86. The first kappa shape index (κ1) is 11.3. The van der Waals surface area contributed by atoms with Gasteiger partial charge in [0, 0.05) is 45.3 Å². The molecule has 15 heavy (non-hydrogen) atoms. The molecule has 0 radical (unpaired) electrons. The van der Waals surface area contributed by atoms with Crippen LogP contribution in [0.3, 0.4) is 0 Å². The average Bonchev–Trinajstić information content (AvgIpc) is 3.09. The Morgan fingerprint density at radius 2 is 1.80 bits per heavy atom. The molecule has 1 saturated carbocycles. The van der Waals surface area contributed by atoms with E-state index in [2.05, 4.69) is 9.80 Å². The molecule has 0 aromatic rings. The van der Waals surface area contributed by atoms with Crippen LogP contribution in [0.2, 0.25) is 0 Å². The van der Waals surface area contributed by atoms with E-state index in [-0.39, 0.29) is 0 Å². The molecule has 1 aliphatic carbocycles. The highest BCUT2D eigenvalue weighted by Gasteiger charge is 2.30. The molecule has 1 saturated heterocycles. The highest BCUT2D eigenvalue weighted by atomic mass is 16.5. The van der Waals surface area contributed by atoms with Crippen LogP contribution in [0.4, 0.5) is 0 Å². The van der Waals surface area contributed by atoms with Crippen molar-refractivity contribution in [1.82, 2.24) is 9.80 Å². The molecule has 0 atom stereocenters. The molecule has 0 aromatic heterocycles. The van der Waals surface area contributed by atoms with E-state index in [0.29, 0.717) is 13.2 Å². The maximum Gasteiger partial charge on any atom is 0.0594 e. The Morgan fingerprint density at radius 3 is 2.40 bits per heavy atom. The normalized spacial score (nSPS) is 24.6. The highest BCUT2D eigenvalue weighted by molar-refractivity contribution is 4.87. The summed E-state index contributed by atoms with van der Waals surface area (Å²) in [4.78, 5) is 5.13. The van der Waals surface area contributed by atoms with E-state index in [9.17, 15) is 0 Å². The third kappa shape index (κ3) is 3.72. The summed E-state index contributed by atoms with van der Waals surface area (Å²) in [5.74, 6) is 0. The number of piperazine rings is 1. The predicted octanol–water partition coefficient (Wildman–Crippen LogP) is -0.258. The van der Waals surface area contributed by atoms with Gasteiger partial charge in [-0.05, 0) is 12.8 Å². The Labute approximate surface area is 92.4 Å². The summed E-state index contributed by atoms with van der Waals surface area (Å²) >= 11 is 0. The van der Waals surface area contributed by atoms with Crippen LogP contribution in [0, 0.1) is 0 Å². The summed E-state index contributed by atoms with van der Waals surface area (Å²) in [5.41, 5.74) is 5.36. The zero-order valence-electron chi connectivity index (χ0n) is 9.53. The van der Waals surface area contributed by atoms with E-state index in [0.717, 1.165) is 19.2 Å². The molecule has 0 bridgehead atoms. The van der Waals surface area contributed by atoms with E-state index in [1.165, 1.54) is 39.0 Å². The summed E-state index contributed by atoms with van der Waals surface area (Å²) in [7, 11) is 0. The molecule has 4 heteroatoms. The fraction of sp³-hybridized carbons (Fsp3) is 1.00. The molecule has 2 rings (SSSR count). The Hall–Kier alpha value is -0.160. The Balaban J connectivity index is 1.53. The largest absolute Gasteiger partial charge is 0.379 e. The maximum atomic E-state index is 5.39. The molecule has 0 aromatic carbocycles. The van der Waals surface area contributed by atoms with Gasteiger partial charge in [-0.25, -0.2) is 0 Å². The van der Waals surface area contributed by atoms with Crippen LogP contribution < -0.4 is 5.73 Å². The lowest BCUT2D eigenvalue weighted by atomic mass is 10.3. The number of ether oxygens (including phenoxy) is 1. The minimum Gasteiger partial charge on any atom is -0.379 e. The minimum atomic E-state index is 0.634. The predicted molar refractivity (Wildman–Crippen MR) is 60.9 cm³/mol. The number of rotatable bonds is 6. The van der Waals surface area contributed by atoms with E-state index >= 15 is 0 Å². The van der Waals surface area contributed by atoms with Crippen LogP contribution in [0.1, 0.15) is 12.8 Å². The first-order chi connectivity index (χ1) is 7.40. The molecule has 2 fully saturated rings. The summed E-state index contributed by atoms with van der Waals surface area (Å²) in [6, 6.07) is 0.931. The molecule has 2 N–H and O–H groups in total. The standard InChI is InChI=1S/C11H23N3O/c12-3-9-15-10-8-13-4-6-14(7-5-13)11-1-2-11/h11H,1-10,12H2. The molecular formula is C11H23N3O. The Bertz CT molecular complexity index is 177. The van der Waals surface area contributed by atoms with Crippen molar-refractivity contribution in [1.29, 1.82) is 0 Å². The number of nitrogens with zero attached hydrogens (tertiary/aromatic N) is 2. The van der Waals surface area contributed by atoms with Crippen molar-refractivity contribution in [3.8, 4) is 0 Å². The van der Waals surface area contributed by atoms with Crippen LogP contribution in [-0.2, 0) is 4.74 Å². The van der Waals surface area contributed by atoms with Gasteiger partial charge in [0.05, 0.1) is 13.2 Å². The molecule has 4 nitrogen and oxygen atoms in total. The van der Waals surface area contributed by atoms with Crippen LogP contribution in [0.5, 0.6) is 0 Å². The van der Waals surface area contributed by atoms with Gasteiger partial charge >= 0.3 is 0 Å². The van der Waals surface area contributed by atoms with E-state index in [1.54, 1.807) is 0 Å². The van der Waals surface area contributed by atoms with Crippen LogP contribution in [0.25, 0.3) is 0 Å².